The maximum Gasteiger partial charge on any atom is 0.0515 e. The summed E-state index contributed by atoms with van der Waals surface area (Å²) in [6.45, 7) is 6.67. The van der Waals surface area contributed by atoms with Crippen LogP contribution in [0.3, 0.4) is 0 Å². The van der Waals surface area contributed by atoms with E-state index in [-0.39, 0.29) is 0 Å². The first-order valence-electron chi connectivity index (χ1n) is 6.53. The zero-order chi connectivity index (χ0) is 12.0. The van der Waals surface area contributed by atoms with Crippen LogP contribution in [0.2, 0.25) is 0 Å². The highest BCUT2D eigenvalue weighted by Crippen LogP contribution is 2.35. The normalized spacial score (nSPS) is 19.6. The van der Waals surface area contributed by atoms with Gasteiger partial charge >= 0.3 is 0 Å². The zero-order valence-corrected chi connectivity index (χ0v) is 10.9. The fourth-order valence-electron chi connectivity index (χ4n) is 3.23. The highest BCUT2D eigenvalue weighted by Gasteiger charge is 2.23. The second-order valence-corrected chi connectivity index (χ2v) is 5.12. The Morgan fingerprint density at radius 2 is 2.24 bits per heavy atom. The molecular weight excluding hydrogens is 208 g/mol. The molecule has 0 fully saturated rings. The van der Waals surface area contributed by atoms with Gasteiger partial charge in [0, 0.05) is 31.2 Å². The molecule has 1 atom stereocenters. The van der Waals surface area contributed by atoms with Gasteiger partial charge in [-0.05, 0) is 23.5 Å². The molecule has 0 aliphatic carbocycles. The molecule has 0 amide bonds. The molecule has 2 nitrogen and oxygen atoms in total. The molecule has 1 N–H and O–H groups in total. The number of hydrogen-bond donors (Lipinski definition) is 1. The Bertz CT molecular complexity index is 566. The van der Waals surface area contributed by atoms with Gasteiger partial charge in [0.15, 0.2) is 0 Å². The SMILES string of the molecule is CCc1cccc2c3c(n(C)c12)CNCC3C. The van der Waals surface area contributed by atoms with E-state index in [9.17, 15) is 0 Å². The van der Waals surface area contributed by atoms with E-state index >= 15 is 0 Å². The topological polar surface area (TPSA) is 17.0 Å². The van der Waals surface area contributed by atoms with Crippen molar-refractivity contribution in [3.8, 4) is 0 Å². The molecule has 1 aliphatic heterocycles. The molecule has 0 saturated heterocycles. The third-order valence-electron chi connectivity index (χ3n) is 4.08. The minimum atomic E-state index is 0.620. The molecule has 1 aliphatic rings. The van der Waals surface area contributed by atoms with Crippen molar-refractivity contribution in [1.29, 1.82) is 0 Å². The van der Waals surface area contributed by atoms with Gasteiger partial charge in [0.1, 0.15) is 0 Å². The summed E-state index contributed by atoms with van der Waals surface area (Å²) in [7, 11) is 2.21. The van der Waals surface area contributed by atoms with E-state index in [2.05, 4.69) is 49.0 Å². The van der Waals surface area contributed by atoms with Gasteiger partial charge in [-0.1, -0.05) is 32.0 Å². The summed E-state index contributed by atoms with van der Waals surface area (Å²) in [6.07, 6.45) is 1.11. The molecule has 1 aromatic carbocycles. The fourth-order valence-corrected chi connectivity index (χ4v) is 3.23. The first-order valence-corrected chi connectivity index (χ1v) is 6.53. The Labute approximate surface area is 103 Å². The first-order chi connectivity index (χ1) is 8.24. The molecule has 3 rings (SSSR count). The van der Waals surface area contributed by atoms with Gasteiger partial charge in [0.25, 0.3) is 0 Å². The number of nitrogens with one attached hydrogen (secondary N) is 1. The van der Waals surface area contributed by atoms with Gasteiger partial charge in [-0.25, -0.2) is 0 Å². The number of para-hydroxylation sites is 1. The van der Waals surface area contributed by atoms with E-state index in [0.717, 1.165) is 19.5 Å². The van der Waals surface area contributed by atoms with Crippen LogP contribution < -0.4 is 5.32 Å². The second kappa shape index (κ2) is 3.88. The molecule has 2 heterocycles. The first kappa shape index (κ1) is 10.8. The Balaban J connectivity index is 2.40. The lowest BCUT2D eigenvalue weighted by Gasteiger charge is -2.21. The number of nitrogens with zero attached hydrogens (tertiary/aromatic N) is 1. The van der Waals surface area contributed by atoms with Crippen molar-refractivity contribution in [2.75, 3.05) is 6.54 Å². The zero-order valence-electron chi connectivity index (χ0n) is 10.9. The monoisotopic (exact) mass is 228 g/mol. The van der Waals surface area contributed by atoms with Crippen LogP contribution >= 0.6 is 0 Å². The van der Waals surface area contributed by atoms with E-state index in [0.29, 0.717) is 5.92 Å². The van der Waals surface area contributed by atoms with Crippen LogP contribution in [-0.4, -0.2) is 11.1 Å². The third-order valence-corrected chi connectivity index (χ3v) is 4.08. The molecular formula is C15H20N2. The summed E-state index contributed by atoms with van der Waals surface area (Å²) >= 11 is 0. The molecule has 1 unspecified atom stereocenters. The van der Waals surface area contributed by atoms with E-state index in [1.807, 2.05) is 0 Å². The minimum Gasteiger partial charge on any atom is -0.346 e. The fraction of sp³-hybridized carbons (Fsp3) is 0.467. The smallest absolute Gasteiger partial charge is 0.0515 e. The highest BCUT2D eigenvalue weighted by molar-refractivity contribution is 5.89. The van der Waals surface area contributed by atoms with Gasteiger partial charge in [-0.2, -0.15) is 0 Å². The average Bonchev–Trinajstić information content (AvgIpc) is 2.65. The van der Waals surface area contributed by atoms with Crippen LogP contribution in [0.15, 0.2) is 18.2 Å². The third kappa shape index (κ3) is 1.44. The second-order valence-electron chi connectivity index (χ2n) is 5.12. The molecule has 90 valence electrons. The number of fused-ring (bicyclic) bond motifs is 3. The van der Waals surface area contributed by atoms with Crippen molar-refractivity contribution in [3.63, 3.8) is 0 Å². The van der Waals surface area contributed by atoms with Crippen molar-refractivity contribution in [2.24, 2.45) is 7.05 Å². The Morgan fingerprint density at radius 1 is 1.41 bits per heavy atom. The van der Waals surface area contributed by atoms with Crippen LogP contribution in [0.1, 0.15) is 36.6 Å². The van der Waals surface area contributed by atoms with Crippen LogP contribution in [0.25, 0.3) is 10.9 Å². The van der Waals surface area contributed by atoms with Crippen LogP contribution in [0, 0.1) is 0 Å². The van der Waals surface area contributed by atoms with Crippen molar-refractivity contribution in [1.82, 2.24) is 9.88 Å². The molecule has 2 heteroatoms. The average molecular weight is 228 g/mol. The van der Waals surface area contributed by atoms with Crippen LogP contribution in [-0.2, 0) is 20.0 Å². The molecule has 0 spiro atoms. The van der Waals surface area contributed by atoms with Gasteiger partial charge in [0.2, 0.25) is 0 Å². The van der Waals surface area contributed by atoms with E-state index in [1.165, 1.54) is 22.2 Å². The number of benzene rings is 1. The van der Waals surface area contributed by atoms with Crippen molar-refractivity contribution < 1.29 is 0 Å². The number of aryl methyl sites for hydroxylation is 2. The van der Waals surface area contributed by atoms with Gasteiger partial charge in [0.05, 0.1) is 5.52 Å². The maximum absolute atomic E-state index is 3.51. The molecule has 2 aromatic rings. The highest BCUT2D eigenvalue weighted by atomic mass is 15.0. The molecule has 1 aromatic heterocycles. The molecule has 0 saturated carbocycles. The predicted octanol–water partition coefficient (Wildman–Crippen LogP) is 2.95. The summed E-state index contributed by atoms with van der Waals surface area (Å²) < 4.78 is 2.40. The van der Waals surface area contributed by atoms with E-state index in [4.69, 9.17) is 0 Å². The van der Waals surface area contributed by atoms with Crippen LogP contribution in [0.4, 0.5) is 0 Å². The largest absolute Gasteiger partial charge is 0.346 e. The summed E-state index contributed by atoms with van der Waals surface area (Å²) in [5, 5.41) is 4.98. The number of hydrogen-bond acceptors (Lipinski definition) is 1. The minimum absolute atomic E-state index is 0.620. The van der Waals surface area contributed by atoms with Gasteiger partial charge in [-0.3, -0.25) is 0 Å². The van der Waals surface area contributed by atoms with E-state index < -0.39 is 0 Å². The molecule has 0 radical (unpaired) electrons. The lowest BCUT2D eigenvalue weighted by molar-refractivity contribution is 0.553. The number of rotatable bonds is 1. The van der Waals surface area contributed by atoms with Crippen molar-refractivity contribution in [2.45, 2.75) is 32.7 Å². The van der Waals surface area contributed by atoms with Gasteiger partial charge in [-0.15, -0.1) is 0 Å². The Kier molecular flexibility index (Phi) is 2.48. The maximum atomic E-state index is 3.51. The van der Waals surface area contributed by atoms with Crippen LogP contribution in [0.5, 0.6) is 0 Å². The van der Waals surface area contributed by atoms with Crippen molar-refractivity contribution >= 4 is 10.9 Å². The Hall–Kier alpha value is -1.28. The predicted molar refractivity (Wildman–Crippen MR) is 72.4 cm³/mol. The molecule has 0 bridgehead atoms. The lowest BCUT2D eigenvalue weighted by Crippen LogP contribution is -2.27. The lowest BCUT2D eigenvalue weighted by atomic mass is 9.94. The summed E-state index contributed by atoms with van der Waals surface area (Å²) in [6, 6.07) is 6.75. The van der Waals surface area contributed by atoms with Crippen molar-refractivity contribution in [3.05, 3.63) is 35.0 Å². The Morgan fingerprint density at radius 3 is 3.00 bits per heavy atom. The summed E-state index contributed by atoms with van der Waals surface area (Å²) in [5.41, 5.74) is 5.94. The molecule has 17 heavy (non-hydrogen) atoms. The summed E-state index contributed by atoms with van der Waals surface area (Å²) in [5.74, 6) is 0.620. The quantitative estimate of drug-likeness (QED) is 0.794. The van der Waals surface area contributed by atoms with Gasteiger partial charge < -0.3 is 9.88 Å². The number of aromatic nitrogens is 1. The van der Waals surface area contributed by atoms with E-state index in [1.54, 1.807) is 5.56 Å². The standard InChI is InChI=1S/C15H20N2/c1-4-11-6-5-7-12-14-10(2)8-16-9-13(14)17(3)15(11)12/h5-7,10,16H,4,8-9H2,1-3H3. The summed E-state index contributed by atoms with van der Waals surface area (Å²) in [4.78, 5) is 0.